The molecule has 0 amide bonds. The highest BCUT2D eigenvalue weighted by molar-refractivity contribution is 5.39. The topological polar surface area (TPSA) is 72.2 Å². The highest BCUT2D eigenvalue weighted by atomic mass is 15.3. The number of nitrogens with zero attached hydrogens (tertiary/aromatic N) is 7. The molecule has 7 heteroatoms. The van der Waals surface area contributed by atoms with E-state index in [0.717, 1.165) is 50.9 Å². The lowest BCUT2D eigenvalue weighted by Crippen LogP contribution is -2.32. The molecule has 0 radical (unpaired) electrons. The van der Waals surface area contributed by atoms with Gasteiger partial charge in [-0.25, -0.2) is 0 Å². The molecule has 0 saturated carbocycles. The zero-order valence-corrected chi connectivity index (χ0v) is 17.3. The summed E-state index contributed by atoms with van der Waals surface area (Å²) in [6, 6.07) is 10.0. The Balaban J connectivity index is 1.70. The summed E-state index contributed by atoms with van der Waals surface area (Å²) in [7, 11) is 3.93. The third kappa shape index (κ3) is 4.96. The standard InChI is InChI=1S/C21H29N7/c1-16(2)19-23-20(26(3)4)25-21(24-19)28-11-5-10-27(12-13-28)15-18-8-6-17(14-22)7-9-18/h6-9,16H,5,10-13,15H2,1-4H3. The van der Waals surface area contributed by atoms with Crippen LogP contribution in [0, 0.1) is 11.3 Å². The fourth-order valence-electron chi connectivity index (χ4n) is 3.24. The van der Waals surface area contributed by atoms with Gasteiger partial charge in [-0.3, -0.25) is 4.90 Å². The summed E-state index contributed by atoms with van der Waals surface area (Å²) in [5.41, 5.74) is 1.95. The van der Waals surface area contributed by atoms with Crippen LogP contribution in [0.1, 0.15) is 43.1 Å². The van der Waals surface area contributed by atoms with Gasteiger partial charge in [-0.1, -0.05) is 26.0 Å². The minimum absolute atomic E-state index is 0.264. The molecule has 148 valence electrons. The summed E-state index contributed by atoms with van der Waals surface area (Å²) in [6.45, 7) is 8.96. The zero-order valence-electron chi connectivity index (χ0n) is 17.3. The van der Waals surface area contributed by atoms with Gasteiger partial charge >= 0.3 is 0 Å². The maximum Gasteiger partial charge on any atom is 0.230 e. The molecule has 0 N–H and O–H groups in total. The molecule has 0 atom stereocenters. The molecule has 7 nitrogen and oxygen atoms in total. The van der Waals surface area contributed by atoms with Gasteiger partial charge in [-0.05, 0) is 24.1 Å². The SMILES string of the molecule is CC(C)c1nc(N(C)C)nc(N2CCCN(Cc3ccc(C#N)cc3)CC2)n1. The van der Waals surface area contributed by atoms with E-state index in [-0.39, 0.29) is 5.92 Å². The van der Waals surface area contributed by atoms with Crippen LogP contribution in [0.3, 0.4) is 0 Å². The molecule has 2 aromatic rings. The molecular formula is C21H29N7. The average Bonchev–Trinajstić information content (AvgIpc) is 2.93. The van der Waals surface area contributed by atoms with Crippen LogP contribution in [0.4, 0.5) is 11.9 Å². The van der Waals surface area contributed by atoms with Gasteiger partial charge in [0.15, 0.2) is 0 Å². The molecule has 1 aliphatic rings. The number of benzene rings is 1. The maximum atomic E-state index is 8.95. The van der Waals surface area contributed by atoms with Crippen LogP contribution >= 0.6 is 0 Å². The Morgan fingerprint density at radius 2 is 1.79 bits per heavy atom. The van der Waals surface area contributed by atoms with Gasteiger partial charge in [0.2, 0.25) is 11.9 Å². The second-order valence-electron chi connectivity index (χ2n) is 7.77. The van der Waals surface area contributed by atoms with E-state index in [1.165, 1.54) is 5.56 Å². The van der Waals surface area contributed by atoms with Gasteiger partial charge in [-0.15, -0.1) is 0 Å². The second kappa shape index (κ2) is 8.98. The van der Waals surface area contributed by atoms with Crippen LogP contribution in [-0.2, 0) is 6.54 Å². The largest absolute Gasteiger partial charge is 0.347 e. The predicted octanol–water partition coefficient (Wildman–Crippen LogP) is 2.64. The lowest BCUT2D eigenvalue weighted by atomic mass is 10.1. The molecule has 0 unspecified atom stereocenters. The Hall–Kier alpha value is -2.72. The smallest absolute Gasteiger partial charge is 0.230 e. The molecule has 0 aliphatic carbocycles. The molecule has 1 saturated heterocycles. The predicted molar refractivity (Wildman–Crippen MR) is 112 cm³/mol. The first-order valence-corrected chi connectivity index (χ1v) is 9.86. The van der Waals surface area contributed by atoms with Crippen molar-refractivity contribution in [3.05, 3.63) is 41.2 Å². The van der Waals surface area contributed by atoms with Crippen molar-refractivity contribution in [3.63, 3.8) is 0 Å². The maximum absolute atomic E-state index is 8.95. The summed E-state index contributed by atoms with van der Waals surface area (Å²) in [6.07, 6.45) is 1.07. The number of hydrogen-bond donors (Lipinski definition) is 0. The first-order chi connectivity index (χ1) is 13.5. The number of aromatic nitrogens is 3. The normalized spacial score (nSPS) is 15.4. The van der Waals surface area contributed by atoms with Crippen LogP contribution in [0.5, 0.6) is 0 Å². The number of nitriles is 1. The van der Waals surface area contributed by atoms with E-state index >= 15 is 0 Å². The first-order valence-electron chi connectivity index (χ1n) is 9.86. The van der Waals surface area contributed by atoms with Gasteiger partial charge in [-0.2, -0.15) is 20.2 Å². The van der Waals surface area contributed by atoms with Crippen molar-refractivity contribution in [2.75, 3.05) is 50.1 Å². The number of rotatable bonds is 5. The van der Waals surface area contributed by atoms with Crippen molar-refractivity contribution in [1.29, 1.82) is 5.26 Å². The molecule has 0 spiro atoms. The first kappa shape index (κ1) is 20.0. The molecule has 3 rings (SSSR count). The summed E-state index contributed by atoms with van der Waals surface area (Å²) >= 11 is 0. The van der Waals surface area contributed by atoms with Gasteiger partial charge in [0, 0.05) is 52.7 Å². The van der Waals surface area contributed by atoms with Gasteiger partial charge in [0.25, 0.3) is 0 Å². The summed E-state index contributed by atoms with van der Waals surface area (Å²) in [5, 5.41) is 8.95. The fourth-order valence-corrected chi connectivity index (χ4v) is 3.24. The van der Waals surface area contributed by atoms with E-state index in [2.05, 4.69) is 39.7 Å². The number of anilines is 2. The molecule has 1 fully saturated rings. The van der Waals surface area contributed by atoms with E-state index in [0.29, 0.717) is 11.5 Å². The zero-order chi connectivity index (χ0) is 20.1. The third-order valence-corrected chi connectivity index (χ3v) is 4.91. The van der Waals surface area contributed by atoms with Gasteiger partial charge in [0.1, 0.15) is 5.82 Å². The van der Waals surface area contributed by atoms with E-state index in [9.17, 15) is 0 Å². The lowest BCUT2D eigenvalue weighted by molar-refractivity contribution is 0.285. The molecule has 2 heterocycles. The van der Waals surface area contributed by atoms with Crippen molar-refractivity contribution >= 4 is 11.9 Å². The van der Waals surface area contributed by atoms with Crippen molar-refractivity contribution in [1.82, 2.24) is 19.9 Å². The molecule has 1 aliphatic heterocycles. The highest BCUT2D eigenvalue weighted by Gasteiger charge is 2.20. The van der Waals surface area contributed by atoms with E-state index in [1.807, 2.05) is 43.3 Å². The quantitative estimate of drug-likeness (QED) is 0.791. The minimum atomic E-state index is 0.264. The summed E-state index contributed by atoms with van der Waals surface area (Å²) in [5.74, 6) is 2.60. The molecule has 28 heavy (non-hydrogen) atoms. The van der Waals surface area contributed by atoms with Crippen LogP contribution in [0.2, 0.25) is 0 Å². The summed E-state index contributed by atoms with van der Waals surface area (Å²) < 4.78 is 0. The fraction of sp³-hybridized carbons (Fsp3) is 0.524. The van der Waals surface area contributed by atoms with E-state index < -0.39 is 0 Å². The Kier molecular flexibility index (Phi) is 6.42. The number of hydrogen-bond acceptors (Lipinski definition) is 7. The average molecular weight is 380 g/mol. The van der Waals surface area contributed by atoms with Crippen LogP contribution in [0.25, 0.3) is 0 Å². The van der Waals surface area contributed by atoms with E-state index in [1.54, 1.807) is 0 Å². The van der Waals surface area contributed by atoms with Crippen LogP contribution in [-0.4, -0.2) is 60.1 Å². The molecule has 0 bridgehead atoms. The Bertz CT molecular complexity index is 797. The highest BCUT2D eigenvalue weighted by Crippen LogP contribution is 2.19. The Morgan fingerprint density at radius 3 is 2.43 bits per heavy atom. The van der Waals surface area contributed by atoms with Crippen molar-refractivity contribution in [2.24, 2.45) is 0 Å². The van der Waals surface area contributed by atoms with Crippen molar-refractivity contribution in [3.8, 4) is 6.07 Å². The van der Waals surface area contributed by atoms with Crippen LogP contribution < -0.4 is 9.80 Å². The van der Waals surface area contributed by atoms with Gasteiger partial charge < -0.3 is 9.80 Å². The molecular weight excluding hydrogens is 350 g/mol. The van der Waals surface area contributed by atoms with Crippen LogP contribution in [0.15, 0.2) is 24.3 Å². The minimum Gasteiger partial charge on any atom is -0.347 e. The lowest BCUT2D eigenvalue weighted by Gasteiger charge is -2.23. The Morgan fingerprint density at radius 1 is 1.04 bits per heavy atom. The second-order valence-corrected chi connectivity index (χ2v) is 7.77. The Labute approximate surface area is 167 Å². The monoisotopic (exact) mass is 379 g/mol. The third-order valence-electron chi connectivity index (χ3n) is 4.91. The summed E-state index contributed by atoms with van der Waals surface area (Å²) in [4.78, 5) is 20.7. The van der Waals surface area contributed by atoms with Crippen molar-refractivity contribution in [2.45, 2.75) is 32.7 Å². The van der Waals surface area contributed by atoms with E-state index in [4.69, 9.17) is 10.2 Å². The van der Waals surface area contributed by atoms with Gasteiger partial charge in [0.05, 0.1) is 11.6 Å². The van der Waals surface area contributed by atoms with Crippen molar-refractivity contribution < 1.29 is 0 Å². The molecule has 1 aromatic heterocycles. The molecule has 1 aromatic carbocycles.